The zero-order valence-electron chi connectivity index (χ0n) is 14.3. The van der Waals surface area contributed by atoms with Gasteiger partial charge in [-0.1, -0.05) is 27.2 Å². The molecule has 5 heteroatoms. The molecule has 2 rings (SSSR count). The predicted molar refractivity (Wildman–Crippen MR) is 89.8 cm³/mol. The third kappa shape index (κ3) is 4.08. The molecule has 0 saturated heterocycles. The second-order valence-electron chi connectivity index (χ2n) is 7.87. The Bertz CT molecular complexity index is 391. The van der Waals surface area contributed by atoms with Crippen LogP contribution in [-0.2, 0) is 4.74 Å². The van der Waals surface area contributed by atoms with Crippen LogP contribution in [-0.4, -0.2) is 23.8 Å². The summed E-state index contributed by atoms with van der Waals surface area (Å²) in [5.74, 6) is 1.66. The highest BCUT2D eigenvalue weighted by atomic mass is 35.5. The minimum absolute atomic E-state index is 0.0380. The van der Waals surface area contributed by atoms with E-state index in [-0.39, 0.29) is 23.8 Å². The summed E-state index contributed by atoms with van der Waals surface area (Å²) in [6.45, 7) is 8.74. The highest BCUT2D eigenvalue weighted by Gasteiger charge is 2.40. The first-order chi connectivity index (χ1) is 10.4. The molecule has 2 N–H and O–H groups in total. The number of amides is 1. The summed E-state index contributed by atoms with van der Waals surface area (Å²) in [7, 11) is 0. The van der Waals surface area contributed by atoms with Crippen LogP contribution in [0.15, 0.2) is 0 Å². The van der Waals surface area contributed by atoms with Crippen LogP contribution < -0.4 is 10.2 Å². The van der Waals surface area contributed by atoms with Crippen molar-refractivity contribution in [2.75, 3.05) is 0 Å². The van der Waals surface area contributed by atoms with E-state index >= 15 is 0 Å². The molecular weight excluding hydrogens is 300 g/mol. The summed E-state index contributed by atoms with van der Waals surface area (Å²) in [5.41, 5.74) is -0.238. The highest BCUT2D eigenvalue weighted by Crippen LogP contribution is 2.36. The Labute approximate surface area is 139 Å². The fraction of sp³-hybridized carbons (Fsp3) is 0.941. The summed E-state index contributed by atoms with van der Waals surface area (Å²) < 4.78 is 5.81. The zero-order valence-corrected chi connectivity index (χ0v) is 15.1. The van der Waals surface area contributed by atoms with Gasteiger partial charge >= 0.3 is 6.09 Å². The van der Waals surface area contributed by atoms with E-state index in [2.05, 4.69) is 37.8 Å². The van der Waals surface area contributed by atoms with Crippen molar-refractivity contribution in [1.29, 1.82) is 0 Å². The highest BCUT2D eigenvalue weighted by molar-refractivity contribution is 6.14. The molecule has 2 aliphatic carbocycles. The maximum absolute atomic E-state index is 12.3. The molecular formula is C17H31ClN2O2. The van der Waals surface area contributed by atoms with Crippen molar-refractivity contribution in [3.63, 3.8) is 0 Å². The Morgan fingerprint density at radius 3 is 2.68 bits per heavy atom. The maximum atomic E-state index is 12.3. The van der Waals surface area contributed by atoms with Crippen molar-refractivity contribution in [3.8, 4) is 0 Å². The molecule has 0 bridgehead atoms. The van der Waals surface area contributed by atoms with E-state index < -0.39 is 0 Å². The van der Waals surface area contributed by atoms with Crippen LogP contribution in [0.4, 0.5) is 4.79 Å². The Hall–Kier alpha value is -0.480. The van der Waals surface area contributed by atoms with Gasteiger partial charge in [-0.25, -0.2) is 9.63 Å². The Kier molecular flexibility index (Phi) is 6.00. The topological polar surface area (TPSA) is 50.4 Å². The van der Waals surface area contributed by atoms with Gasteiger partial charge < -0.3 is 10.1 Å². The van der Waals surface area contributed by atoms with Crippen LogP contribution in [0.25, 0.3) is 0 Å². The third-order valence-electron chi connectivity index (χ3n) is 5.69. The molecule has 0 aliphatic heterocycles. The van der Waals surface area contributed by atoms with Gasteiger partial charge in [0.1, 0.15) is 6.10 Å². The van der Waals surface area contributed by atoms with Crippen LogP contribution in [0.5, 0.6) is 0 Å². The van der Waals surface area contributed by atoms with E-state index in [1.54, 1.807) is 0 Å². The predicted octanol–water partition coefficient (Wildman–Crippen LogP) is 4.23. The summed E-state index contributed by atoms with van der Waals surface area (Å²) >= 11 is 5.86. The van der Waals surface area contributed by atoms with Gasteiger partial charge in [0, 0.05) is 0 Å². The minimum atomic E-state index is -0.283. The van der Waals surface area contributed by atoms with Crippen molar-refractivity contribution >= 4 is 17.9 Å². The monoisotopic (exact) mass is 330 g/mol. The number of nitrogens with one attached hydrogen (secondary N) is 2. The van der Waals surface area contributed by atoms with Gasteiger partial charge in [0.15, 0.2) is 0 Å². The van der Waals surface area contributed by atoms with E-state index in [0.29, 0.717) is 17.8 Å². The van der Waals surface area contributed by atoms with Crippen LogP contribution in [0.1, 0.15) is 66.2 Å². The number of alkyl carbamates (subject to hydrolysis) is 1. The van der Waals surface area contributed by atoms with Crippen LogP contribution in [0.2, 0.25) is 0 Å². The standard InChI is InChI=1S/C17H31ClN2O2/c1-11(2)13-8-7-12(3)10-14(13)22-16(21)19-15-6-5-9-17(15,4)20-18/h11-15,20H,5-10H2,1-4H3,(H,19,21)/t12-,13+,14-,15?,17?/m1/s1. The van der Waals surface area contributed by atoms with E-state index in [1.807, 2.05) is 0 Å². The Morgan fingerprint density at radius 1 is 1.32 bits per heavy atom. The smallest absolute Gasteiger partial charge is 0.407 e. The molecule has 2 aliphatic rings. The van der Waals surface area contributed by atoms with Crippen LogP contribution in [0.3, 0.4) is 0 Å². The van der Waals surface area contributed by atoms with Gasteiger partial charge in [-0.05, 0) is 68.6 Å². The summed E-state index contributed by atoms with van der Waals surface area (Å²) in [4.78, 5) is 15.2. The average molecular weight is 331 g/mol. The Balaban J connectivity index is 1.92. The van der Waals surface area contributed by atoms with E-state index in [1.165, 1.54) is 6.42 Å². The second kappa shape index (κ2) is 7.39. The first-order valence-corrected chi connectivity index (χ1v) is 9.08. The van der Waals surface area contributed by atoms with E-state index in [0.717, 1.165) is 32.1 Å². The van der Waals surface area contributed by atoms with Gasteiger partial charge in [-0.2, -0.15) is 0 Å². The normalized spacial score (nSPS) is 39.0. The number of halogens is 1. The van der Waals surface area contributed by atoms with Gasteiger partial charge in [-0.3, -0.25) is 0 Å². The summed E-state index contributed by atoms with van der Waals surface area (Å²) in [5, 5.41) is 3.03. The van der Waals surface area contributed by atoms with Gasteiger partial charge in [0.25, 0.3) is 0 Å². The maximum Gasteiger partial charge on any atom is 0.407 e. The lowest BCUT2D eigenvalue weighted by atomic mass is 9.75. The number of rotatable bonds is 4. The molecule has 1 amide bonds. The zero-order chi connectivity index (χ0) is 16.3. The fourth-order valence-corrected chi connectivity index (χ4v) is 4.30. The molecule has 2 fully saturated rings. The van der Waals surface area contributed by atoms with Gasteiger partial charge in [0.2, 0.25) is 0 Å². The van der Waals surface area contributed by atoms with Crippen molar-refractivity contribution in [3.05, 3.63) is 0 Å². The number of hydrogen-bond donors (Lipinski definition) is 2. The molecule has 5 atom stereocenters. The summed E-state index contributed by atoms with van der Waals surface area (Å²) in [6.07, 6.45) is 6.11. The molecule has 0 aromatic rings. The molecule has 0 aromatic heterocycles. The molecule has 0 heterocycles. The molecule has 128 valence electrons. The van der Waals surface area contributed by atoms with Gasteiger partial charge in [-0.15, -0.1) is 0 Å². The lowest BCUT2D eigenvalue weighted by molar-refractivity contribution is 0.00411. The lowest BCUT2D eigenvalue weighted by Crippen LogP contribution is -2.53. The van der Waals surface area contributed by atoms with Crippen molar-refractivity contribution in [2.24, 2.45) is 17.8 Å². The molecule has 2 saturated carbocycles. The lowest BCUT2D eigenvalue weighted by Gasteiger charge is -2.37. The minimum Gasteiger partial charge on any atom is -0.446 e. The van der Waals surface area contributed by atoms with Crippen molar-refractivity contribution in [1.82, 2.24) is 10.2 Å². The van der Waals surface area contributed by atoms with Crippen LogP contribution >= 0.6 is 11.8 Å². The molecule has 0 aromatic carbocycles. The summed E-state index contributed by atoms with van der Waals surface area (Å²) in [6, 6.07) is 0.0380. The molecule has 22 heavy (non-hydrogen) atoms. The SMILES string of the molecule is CC(C)[C@@H]1CC[C@@H](C)C[C@H]1OC(=O)NC1CCCC1(C)NCl. The molecule has 4 nitrogen and oxygen atoms in total. The Morgan fingerprint density at radius 2 is 2.05 bits per heavy atom. The number of hydrogen-bond acceptors (Lipinski definition) is 3. The van der Waals surface area contributed by atoms with E-state index in [9.17, 15) is 4.79 Å². The number of ether oxygens (including phenoxy) is 1. The fourth-order valence-electron chi connectivity index (χ4n) is 4.07. The molecule has 0 radical (unpaired) electrons. The number of carbonyl (C=O) groups is 1. The molecule has 0 spiro atoms. The quantitative estimate of drug-likeness (QED) is 0.758. The number of carbonyl (C=O) groups excluding carboxylic acids is 1. The van der Waals surface area contributed by atoms with Gasteiger partial charge in [0.05, 0.1) is 11.6 Å². The first-order valence-electron chi connectivity index (χ1n) is 8.70. The van der Waals surface area contributed by atoms with Crippen LogP contribution in [0, 0.1) is 17.8 Å². The largest absolute Gasteiger partial charge is 0.446 e. The van der Waals surface area contributed by atoms with E-state index in [4.69, 9.17) is 16.5 Å². The average Bonchev–Trinajstić information content (AvgIpc) is 2.80. The second-order valence-corrected chi connectivity index (χ2v) is 8.06. The van der Waals surface area contributed by atoms with Crippen molar-refractivity contribution < 1.29 is 9.53 Å². The third-order valence-corrected chi connectivity index (χ3v) is 6.12. The first kappa shape index (κ1) is 17.9. The molecule has 2 unspecified atom stereocenters. The van der Waals surface area contributed by atoms with Crippen molar-refractivity contribution in [2.45, 2.75) is 83.9 Å².